The van der Waals surface area contributed by atoms with Gasteiger partial charge < -0.3 is 4.90 Å². The summed E-state index contributed by atoms with van der Waals surface area (Å²) in [6.45, 7) is 10.7. The lowest BCUT2D eigenvalue weighted by Crippen LogP contribution is -2.35. The van der Waals surface area contributed by atoms with Gasteiger partial charge in [0.1, 0.15) is 0 Å². The van der Waals surface area contributed by atoms with E-state index in [4.69, 9.17) is 0 Å². The Balaban J connectivity index is 2.11. The van der Waals surface area contributed by atoms with E-state index >= 15 is 0 Å². The van der Waals surface area contributed by atoms with Gasteiger partial charge in [0.15, 0.2) is 0 Å². The zero-order valence-electron chi connectivity index (χ0n) is 11.3. The highest BCUT2D eigenvalue weighted by Crippen LogP contribution is 2.24. The van der Waals surface area contributed by atoms with Crippen LogP contribution in [0.3, 0.4) is 0 Å². The molecule has 0 bridgehead atoms. The highest BCUT2D eigenvalue weighted by molar-refractivity contribution is 4.99. The minimum Gasteiger partial charge on any atom is -0.302 e. The predicted octanol–water partition coefficient (Wildman–Crippen LogP) is 3.55. The van der Waals surface area contributed by atoms with Gasteiger partial charge >= 0.3 is 0 Å². The van der Waals surface area contributed by atoms with Gasteiger partial charge in [-0.2, -0.15) is 0 Å². The summed E-state index contributed by atoms with van der Waals surface area (Å²) in [4.78, 5) is 2.58. The van der Waals surface area contributed by atoms with Crippen molar-refractivity contribution in [2.75, 3.05) is 19.6 Å². The maximum Gasteiger partial charge on any atom is 0.0217 e. The van der Waals surface area contributed by atoms with Crippen molar-refractivity contribution in [3.8, 4) is 11.8 Å². The second-order valence-corrected chi connectivity index (χ2v) is 5.28. The summed E-state index contributed by atoms with van der Waals surface area (Å²) in [7, 11) is 0. The molecule has 0 amide bonds. The number of hydrogen-bond acceptors (Lipinski definition) is 1. The van der Waals surface area contributed by atoms with E-state index in [0.29, 0.717) is 0 Å². The molecule has 0 radical (unpaired) electrons. The van der Waals surface area contributed by atoms with Crippen molar-refractivity contribution >= 4 is 0 Å². The van der Waals surface area contributed by atoms with Crippen LogP contribution in [0.5, 0.6) is 0 Å². The normalized spacial score (nSPS) is 18.5. The summed E-state index contributed by atoms with van der Waals surface area (Å²) in [6.07, 6.45) is 6.09. The van der Waals surface area contributed by atoms with Crippen LogP contribution in [0, 0.1) is 23.7 Å². The van der Waals surface area contributed by atoms with Gasteiger partial charge in [0.2, 0.25) is 0 Å². The van der Waals surface area contributed by atoms with Gasteiger partial charge in [-0.25, -0.2) is 0 Å². The molecule has 1 fully saturated rings. The van der Waals surface area contributed by atoms with Crippen LogP contribution >= 0.6 is 0 Å². The molecule has 1 heteroatoms. The fourth-order valence-corrected chi connectivity index (χ4v) is 2.36. The lowest BCUT2D eigenvalue weighted by atomic mass is 9.87. The fraction of sp³-hybridized carbons (Fsp3) is 0.867. The Kier molecular flexibility index (Phi) is 6.57. The second kappa shape index (κ2) is 7.74. The minimum absolute atomic E-state index is 0.867. The summed E-state index contributed by atoms with van der Waals surface area (Å²) in [5, 5.41) is 0. The number of rotatable bonds is 4. The molecule has 0 aromatic rings. The lowest BCUT2D eigenvalue weighted by molar-refractivity contribution is 0.161. The standard InChI is InChI=1S/C15H27N/c1-4-5-6-7-8-11-16-12-9-15(10-13-16)14(2)3/h14-15H,4-5,8-13H2,1-3H3. The van der Waals surface area contributed by atoms with E-state index in [2.05, 4.69) is 37.5 Å². The molecule has 0 aliphatic carbocycles. The van der Waals surface area contributed by atoms with Gasteiger partial charge in [0.25, 0.3) is 0 Å². The van der Waals surface area contributed by atoms with Crippen LogP contribution in [0.2, 0.25) is 0 Å². The smallest absolute Gasteiger partial charge is 0.0217 e. The Morgan fingerprint density at radius 2 is 1.75 bits per heavy atom. The van der Waals surface area contributed by atoms with Crippen molar-refractivity contribution in [2.24, 2.45) is 11.8 Å². The Morgan fingerprint density at radius 1 is 1.12 bits per heavy atom. The van der Waals surface area contributed by atoms with Crippen LogP contribution in [0.15, 0.2) is 0 Å². The molecule has 1 rings (SSSR count). The summed E-state index contributed by atoms with van der Waals surface area (Å²) in [5.41, 5.74) is 0. The van der Waals surface area contributed by atoms with Crippen molar-refractivity contribution in [3.05, 3.63) is 0 Å². The Morgan fingerprint density at radius 3 is 2.31 bits per heavy atom. The highest BCUT2D eigenvalue weighted by Gasteiger charge is 2.20. The van der Waals surface area contributed by atoms with Crippen molar-refractivity contribution in [2.45, 2.75) is 52.9 Å². The van der Waals surface area contributed by atoms with Crippen LogP contribution in [-0.4, -0.2) is 24.5 Å². The molecular formula is C15H27N. The van der Waals surface area contributed by atoms with Crippen LogP contribution < -0.4 is 0 Å². The molecule has 1 heterocycles. The molecule has 1 aliphatic heterocycles. The number of nitrogens with zero attached hydrogens (tertiary/aromatic N) is 1. The first-order valence-electron chi connectivity index (χ1n) is 6.92. The van der Waals surface area contributed by atoms with Crippen molar-refractivity contribution in [1.82, 2.24) is 4.90 Å². The summed E-state index contributed by atoms with van der Waals surface area (Å²) >= 11 is 0. The average molecular weight is 221 g/mol. The molecule has 0 atom stereocenters. The predicted molar refractivity (Wildman–Crippen MR) is 71.3 cm³/mol. The maximum absolute atomic E-state index is 3.28. The molecular weight excluding hydrogens is 194 g/mol. The SMILES string of the molecule is CCCC#CCCN1CCC(C(C)C)CC1. The van der Waals surface area contributed by atoms with Crippen molar-refractivity contribution in [1.29, 1.82) is 0 Å². The molecule has 0 aromatic heterocycles. The van der Waals surface area contributed by atoms with E-state index < -0.39 is 0 Å². The van der Waals surface area contributed by atoms with Crippen LogP contribution in [-0.2, 0) is 0 Å². The molecule has 0 spiro atoms. The molecule has 0 N–H and O–H groups in total. The monoisotopic (exact) mass is 221 g/mol. The van der Waals surface area contributed by atoms with E-state index in [-0.39, 0.29) is 0 Å². The first-order valence-corrected chi connectivity index (χ1v) is 6.92. The second-order valence-electron chi connectivity index (χ2n) is 5.28. The van der Waals surface area contributed by atoms with E-state index in [1.807, 2.05) is 0 Å². The van der Waals surface area contributed by atoms with Gasteiger partial charge in [-0.15, -0.1) is 11.8 Å². The summed E-state index contributed by atoms with van der Waals surface area (Å²) in [6, 6.07) is 0. The molecule has 0 saturated carbocycles. The molecule has 0 aromatic carbocycles. The van der Waals surface area contributed by atoms with Crippen LogP contribution in [0.25, 0.3) is 0 Å². The average Bonchev–Trinajstić information content (AvgIpc) is 2.29. The van der Waals surface area contributed by atoms with Crippen LogP contribution in [0.4, 0.5) is 0 Å². The molecule has 1 aliphatic rings. The fourth-order valence-electron chi connectivity index (χ4n) is 2.36. The number of hydrogen-bond donors (Lipinski definition) is 0. The van der Waals surface area contributed by atoms with E-state index in [9.17, 15) is 0 Å². The van der Waals surface area contributed by atoms with Crippen molar-refractivity contribution < 1.29 is 0 Å². The first-order chi connectivity index (χ1) is 7.74. The zero-order valence-corrected chi connectivity index (χ0v) is 11.3. The topological polar surface area (TPSA) is 3.24 Å². The number of piperidine rings is 1. The van der Waals surface area contributed by atoms with E-state index in [0.717, 1.165) is 24.7 Å². The van der Waals surface area contributed by atoms with Gasteiger partial charge in [-0.1, -0.05) is 20.8 Å². The Hall–Kier alpha value is -0.480. The summed E-state index contributed by atoms with van der Waals surface area (Å²) in [5.74, 6) is 8.33. The Bertz CT molecular complexity index is 226. The molecule has 1 saturated heterocycles. The third-order valence-corrected chi connectivity index (χ3v) is 3.63. The van der Waals surface area contributed by atoms with Gasteiger partial charge in [0.05, 0.1) is 0 Å². The van der Waals surface area contributed by atoms with Gasteiger partial charge in [-0.05, 0) is 44.2 Å². The first kappa shape index (κ1) is 13.6. The minimum atomic E-state index is 0.867. The molecule has 16 heavy (non-hydrogen) atoms. The zero-order chi connectivity index (χ0) is 11.8. The van der Waals surface area contributed by atoms with Crippen molar-refractivity contribution in [3.63, 3.8) is 0 Å². The molecule has 1 nitrogen and oxygen atoms in total. The third-order valence-electron chi connectivity index (χ3n) is 3.63. The number of unbranched alkanes of at least 4 members (excludes halogenated alkanes) is 1. The molecule has 0 unspecified atom stereocenters. The van der Waals surface area contributed by atoms with E-state index in [1.165, 1.54) is 38.9 Å². The van der Waals surface area contributed by atoms with Crippen LogP contribution in [0.1, 0.15) is 52.9 Å². The molecule has 92 valence electrons. The quantitative estimate of drug-likeness (QED) is 0.656. The largest absolute Gasteiger partial charge is 0.302 e. The highest BCUT2D eigenvalue weighted by atomic mass is 15.1. The van der Waals surface area contributed by atoms with Gasteiger partial charge in [-0.3, -0.25) is 0 Å². The van der Waals surface area contributed by atoms with Gasteiger partial charge in [0, 0.05) is 19.4 Å². The lowest BCUT2D eigenvalue weighted by Gasteiger charge is -2.33. The summed E-state index contributed by atoms with van der Waals surface area (Å²) < 4.78 is 0. The van der Waals surface area contributed by atoms with E-state index in [1.54, 1.807) is 0 Å². The number of likely N-dealkylation sites (tertiary alicyclic amines) is 1. The third kappa shape index (κ3) is 5.03. The Labute approximate surface area is 102 Å². The maximum atomic E-state index is 3.28.